The molecule has 0 aromatic heterocycles. The lowest BCUT2D eigenvalue weighted by atomic mass is 9.95. The van der Waals surface area contributed by atoms with Gasteiger partial charge in [0, 0.05) is 12.1 Å². The third-order valence-corrected chi connectivity index (χ3v) is 4.93. The van der Waals surface area contributed by atoms with Crippen molar-refractivity contribution in [2.75, 3.05) is 19.8 Å². The summed E-state index contributed by atoms with van der Waals surface area (Å²) in [6, 6.07) is 13.5. The number of benzene rings is 2. The minimum absolute atomic E-state index is 0.0985. The Bertz CT molecular complexity index is 951. The SMILES string of the molecule is CCCN1C(=O)C(=O)/C(=C(\O)c2ccccc2)C1c1ccc2c(c1)OCCO2. The molecular weight excluding hydrogens is 358 g/mol. The number of fused-ring (bicyclic) bond motifs is 1. The van der Waals surface area contributed by atoms with Crippen LogP contribution < -0.4 is 9.47 Å². The molecule has 144 valence electrons. The summed E-state index contributed by atoms with van der Waals surface area (Å²) >= 11 is 0. The molecule has 1 saturated heterocycles. The summed E-state index contributed by atoms with van der Waals surface area (Å²) in [6.07, 6.45) is 0.694. The van der Waals surface area contributed by atoms with Gasteiger partial charge in [-0.15, -0.1) is 0 Å². The third kappa shape index (κ3) is 3.01. The zero-order chi connectivity index (χ0) is 19.7. The van der Waals surface area contributed by atoms with Crippen molar-refractivity contribution in [2.45, 2.75) is 19.4 Å². The second-order valence-corrected chi connectivity index (χ2v) is 6.76. The van der Waals surface area contributed by atoms with Gasteiger partial charge in [-0.1, -0.05) is 43.3 Å². The highest BCUT2D eigenvalue weighted by atomic mass is 16.6. The molecule has 0 spiro atoms. The van der Waals surface area contributed by atoms with Crippen LogP contribution in [-0.4, -0.2) is 41.5 Å². The molecule has 4 rings (SSSR count). The van der Waals surface area contributed by atoms with E-state index in [4.69, 9.17) is 9.47 Å². The fraction of sp³-hybridized carbons (Fsp3) is 0.273. The Morgan fingerprint density at radius 3 is 2.50 bits per heavy atom. The molecule has 6 heteroatoms. The average Bonchev–Trinajstić information content (AvgIpc) is 2.99. The quantitative estimate of drug-likeness (QED) is 0.501. The summed E-state index contributed by atoms with van der Waals surface area (Å²) in [6.45, 7) is 3.27. The molecule has 2 heterocycles. The van der Waals surface area contributed by atoms with Crippen molar-refractivity contribution in [3.63, 3.8) is 0 Å². The number of carbonyl (C=O) groups is 2. The Hall–Kier alpha value is -3.28. The highest BCUT2D eigenvalue weighted by molar-refractivity contribution is 6.46. The molecule has 2 aromatic rings. The zero-order valence-electron chi connectivity index (χ0n) is 15.6. The second kappa shape index (κ2) is 7.38. The molecule has 1 N–H and O–H groups in total. The number of ketones is 1. The number of aliphatic hydroxyl groups is 1. The van der Waals surface area contributed by atoms with Crippen molar-refractivity contribution >= 4 is 17.4 Å². The van der Waals surface area contributed by atoms with Crippen LogP contribution >= 0.6 is 0 Å². The van der Waals surface area contributed by atoms with E-state index in [2.05, 4.69) is 0 Å². The van der Waals surface area contributed by atoms with Crippen molar-refractivity contribution in [1.82, 2.24) is 4.90 Å². The van der Waals surface area contributed by atoms with Crippen LogP contribution in [0.3, 0.4) is 0 Å². The van der Waals surface area contributed by atoms with Crippen LogP contribution in [0.4, 0.5) is 0 Å². The molecule has 2 aliphatic rings. The number of likely N-dealkylation sites (tertiary alicyclic amines) is 1. The Morgan fingerprint density at radius 2 is 1.79 bits per heavy atom. The first-order valence-corrected chi connectivity index (χ1v) is 9.35. The van der Waals surface area contributed by atoms with Crippen molar-refractivity contribution in [1.29, 1.82) is 0 Å². The van der Waals surface area contributed by atoms with Crippen molar-refractivity contribution < 1.29 is 24.2 Å². The predicted molar refractivity (Wildman–Crippen MR) is 103 cm³/mol. The number of hydrogen-bond acceptors (Lipinski definition) is 5. The first-order chi connectivity index (χ1) is 13.6. The van der Waals surface area contributed by atoms with Gasteiger partial charge in [-0.05, 0) is 24.1 Å². The molecule has 0 saturated carbocycles. The van der Waals surface area contributed by atoms with Crippen LogP contribution in [0.25, 0.3) is 5.76 Å². The summed E-state index contributed by atoms with van der Waals surface area (Å²) < 4.78 is 11.2. The maximum atomic E-state index is 12.8. The van der Waals surface area contributed by atoms with E-state index in [1.54, 1.807) is 36.4 Å². The summed E-state index contributed by atoms with van der Waals surface area (Å²) in [4.78, 5) is 27.0. The third-order valence-electron chi connectivity index (χ3n) is 4.93. The van der Waals surface area contributed by atoms with Gasteiger partial charge < -0.3 is 19.5 Å². The summed E-state index contributed by atoms with van der Waals surface area (Å²) in [5, 5.41) is 10.9. The molecule has 28 heavy (non-hydrogen) atoms. The van der Waals surface area contributed by atoms with E-state index >= 15 is 0 Å². The van der Waals surface area contributed by atoms with Crippen LogP contribution in [0.1, 0.15) is 30.5 Å². The first-order valence-electron chi connectivity index (χ1n) is 9.35. The monoisotopic (exact) mass is 379 g/mol. The molecule has 2 aliphatic heterocycles. The number of ether oxygens (including phenoxy) is 2. The number of rotatable bonds is 4. The lowest BCUT2D eigenvalue weighted by molar-refractivity contribution is -0.139. The number of nitrogens with zero attached hydrogens (tertiary/aromatic N) is 1. The van der Waals surface area contributed by atoms with Gasteiger partial charge >= 0.3 is 0 Å². The van der Waals surface area contributed by atoms with Gasteiger partial charge in [0.05, 0.1) is 11.6 Å². The zero-order valence-corrected chi connectivity index (χ0v) is 15.6. The van der Waals surface area contributed by atoms with E-state index in [0.29, 0.717) is 48.8 Å². The Morgan fingerprint density at radius 1 is 1.07 bits per heavy atom. The van der Waals surface area contributed by atoms with E-state index in [0.717, 1.165) is 0 Å². The molecule has 6 nitrogen and oxygen atoms in total. The van der Waals surface area contributed by atoms with Crippen molar-refractivity contribution in [3.05, 3.63) is 65.2 Å². The number of hydrogen-bond donors (Lipinski definition) is 1. The standard InChI is InChI=1S/C22H21NO5/c1-2-10-23-19(15-8-9-16-17(13-15)28-12-11-27-16)18(21(25)22(23)26)20(24)14-6-4-3-5-7-14/h3-9,13,19,24H,2,10-12H2,1H3/b20-18-. The van der Waals surface area contributed by atoms with Gasteiger partial charge in [-0.3, -0.25) is 9.59 Å². The smallest absolute Gasteiger partial charge is 0.295 e. The number of aliphatic hydroxyl groups excluding tert-OH is 1. The fourth-order valence-electron chi connectivity index (χ4n) is 3.68. The van der Waals surface area contributed by atoms with Gasteiger partial charge in [-0.25, -0.2) is 0 Å². The topological polar surface area (TPSA) is 76.1 Å². The van der Waals surface area contributed by atoms with E-state index in [9.17, 15) is 14.7 Å². The summed E-state index contributed by atoms with van der Waals surface area (Å²) in [5.41, 5.74) is 1.30. The van der Waals surface area contributed by atoms with Gasteiger partial charge in [0.1, 0.15) is 19.0 Å². The maximum absolute atomic E-state index is 12.8. The lowest BCUT2D eigenvalue weighted by Crippen LogP contribution is -2.30. The molecule has 0 bridgehead atoms. The molecule has 1 amide bonds. The highest BCUT2D eigenvalue weighted by Gasteiger charge is 2.45. The Balaban J connectivity index is 1.86. The largest absolute Gasteiger partial charge is 0.507 e. The van der Waals surface area contributed by atoms with E-state index < -0.39 is 17.7 Å². The molecule has 1 atom stereocenters. The van der Waals surface area contributed by atoms with Crippen LogP contribution in [0, 0.1) is 0 Å². The second-order valence-electron chi connectivity index (χ2n) is 6.76. The fourth-order valence-corrected chi connectivity index (χ4v) is 3.68. The van der Waals surface area contributed by atoms with Crippen molar-refractivity contribution in [3.8, 4) is 11.5 Å². The number of Topliss-reactive ketones (excluding diaryl/α,β-unsaturated/α-hetero) is 1. The summed E-state index contributed by atoms with van der Waals surface area (Å²) in [5.74, 6) is -0.234. The van der Waals surface area contributed by atoms with Gasteiger partial charge in [0.15, 0.2) is 11.5 Å². The van der Waals surface area contributed by atoms with Crippen LogP contribution in [0.5, 0.6) is 11.5 Å². The first kappa shape index (κ1) is 18.1. The van der Waals surface area contributed by atoms with E-state index in [1.807, 2.05) is 19.1 Å². The Labute approximate surface area is 163 Å². The highest BCUT2D eigenvalue weighted by Crippen LogP contribution is 2.42. The minimum atomic E-state index is -0.672. The average molecular weight is 379 g/mol. The minimum Gasteiger partial charge on any atom is -0.507 e. The Kier molecular flexibility index (Phi) is 4.77. The molecular formula is C22H21NO5. The molecule has 1 fully saturated rings. The van der Waals surface area contributed by atoms with Gasteiger partial charge in [0.25, 0.3) is 11.7 Å². The molecule has 0 aliphatic carbocycles. The summed E-state index contributed by atoms with van der Waals surface area (Å²) in [7, 11) is 0. The molecule has 1 unspecified atom stereocenters. The van der Waals surface area contributed by atoms with E-state index in [-0.39, 0.29) is 11.3 Å². The molecule has 2 aromatic carbocycles. The van der Waals surface area contributed by atoms with Gasteiger partial charge in [-0.2, -0.15) is 0 Å². The predicted octanol–water partition coefficient (Wildman–Crippen LogP) is 3.29. The normalized spacial score (nSPS) is 20.5. The van der Waals surface area contributed by atoms with Gasteiger partial charge in [0.2, 0.25) is 0 Å². The number of carbonyl (C=O) groups excluding carboxylic acids is 2. The maximum Gasteiger partial charge on any atom is 0.295 e. The number of amides is 1. The van der Waals surface area contributed by atoms with E-state index in [1.165, 1.54) is 4.90 Å². The van der Waals surface area contributed by atoms with Crippen LogP contribution in [-0.2, 0) is 9.59 Å². The van der Waals surface area contributed by atoms with Crippen molar-refractivity contribution in [2.24, 2.45) is 0 Å². The molecule has 0 radical (unpaired) electrons. The van der Waals surface area contributed by atoms with Crippen LogP contribution in [0.2, 0.25) is 0 Å². The van der Waals surface area contributed by atoms with Crippen LogP contribution in [0.15, 0.2) is 54.1 Å². The lowest BCUT2D eigenvalue weighted by Gasteiger charge is -2.26.